The molecule has 0 aromatic heterocycles. The number of rotatable bonds is 1. The predicted molar refractivity (Wildman–Crippen MR) is 69.1 cm³/mol. The van der Waals surface area contributed by atoms with Crippen LogP contribution in [-0.2, 0) is 11.2 Å². The molecule has 0 saturated carbocycles. The molecule has 3 rings (SSSR count). The second kappa shape index (κ2) is 4.32. The number of fused-ring (bicyclic) bond motifs is 2. The van der Waals surface area contributed by atoms with Crippen molar-refractivity contribution in [3.05, 3.63) is 35.1 Å². The van der Waals surface area contributed by atoms with Crippen LogP contribution >= 0.6 is 0 Å². The fraction of sp³-hybridized carbons (Fsp3) is 0.467. The van der Waals surface area contributed by atoms with Crippen molar-refractivity contribution in [3.8, 4) is 5.75 Å². The van der Waals surface area contributed by atoms with E-state index in [1.807, 2.05) is 6.07 Å². The molecule has 0 radical (unpaired) electrons. The summed E-state index contributed by atoms with van der Waals surface area (Å²) in [4.78, 5) is 0. The van der Waals surface area contributed by atoms with Gasteiger partial charge < -0.3 is 14.6 Å². The van der Waals surface area contributed by atoms with E-state index in [0.717, 1.165) is 24.4 Å². The molecule has 3 nitrogen and oxygen atoms in total. The molecule has 2 aliphatic rings. The molecular weight excluding hydrogens is 228 g/mol. The number of benzene rings is 1. The van der Waals surface area contributed by atoms with E-state index in [2.05, 4.69) is 19.1 Å². The van der Waals surface area contributed by atoms with Gasteiger partial charge >= 0.3 is 0 Å². The monoisotopic (exact) mass is 246 g/mol. The van der Waals surface area contributed by atoms with Gasteiger partial charge in [-0.3, -0.25) is 0 Å². The number of methoxy groups -OCH3 is 1. The van der Waals surface area contributed by atoms with Gasteiger partial charge in [-0.2, -0.15) is 0 Å². The van der Waals surface area contributed by atoms with E-state index < -0.39 is 6.29 Å². The van der Waals surface area contributed by atoms with Crippen molar-refractivity contribution in [1.82, 2.24) is 0 Å². The Bertz CT molecular complexity index is 504. The van der Waals surface area contributed by atoms with Crippen LogP contribution in [0.15, 0.2) is 24.0 Å². The van der Waals surface area contributed by atoms with E-state index in [-0.39, 0.29) is 0 Å². The molecule has 1 unspecified atom stereocenters. The third-order valence-corrected chi connectivity index (χ3v) is 3.86. The Hall–Kier alpha value is -1.48. The van der Waals surface area contributed by atoms with E-state index in [1.54, 1.807) is 7.11 Å². The summed E-state index contributed by atoms with van der Waals surface area (Å²) >= 11 is 0. The van der Waals surface area contributed by atoms with Gasteiger partial charge in [0.2, 0.25) is 0 Å². The largest absolute Gasteiger partial charge is 0.497 e. The lowest BCUT2D eigenvalue weighted by Gasteiger charge is -2.34. The second-order valence-corrected chi connectivity index (χ2v) is 5.07. The predicted octanol–water partition coefficient (Wildman–Crippen LogP) is 2.73. The number of hydrogen-bond donors (Lipinski definition) is 1. The molecule has 1 N–H and O–H groups in total. The van der Waals surface area contributed by atoms with Crippen LogP contribution < -0.4 is 4.74 Å². The first-order chi connectivity index (χ1) is 8.69. The maximum Gasteiger partial charge on any atom is 0.197 e. The number of aryl methyl sites for hydroxylation is 1. The molecule has 0 spiro atoms. The van der Waals surface area contributed by atoms with Gasteiger partial charge in [-0.25, -0.2) is 0 Å². The Kier molecular flexibility index (Phi) is 2.78. The number of hydrogen-bond acceptors (Lipinski definition) is 3. The van der Waals surface area contributed by atoms with Crippen molar-refractivity contribution in [3.63, 3.8) is 0 Å². The summed E-state index contributed by atoms with van der Waals surface area (Å²) in [5.74, 6) is 2.16. The van der Waals surface area contributed by atoms with Gasteiger partial charge in [-0.1, -0.05) is 13.0 Å². The van der Waals surface area contributed by atoms with Gasteiger partial charge in [0.1, 0.15) is 11.5 Å². The second-order valence-electron chi connectivity index (χ2n) is 5.07. The molecule has 1 heterocycles. The normalized spacial score (nSPS) is 26.2. The molecule has 0 amide bonds. The summed E-state index contributed by atoms with van der Waals surface area (Å²) in [7, 11) is 1.68. The van der Waals surface area contributed by atoms with E-state index >= 15 is 0 Å². The number of aliphatic hydroxyl groups is 1. The molecule has 96 valence electrons. The summed E-state index contributed by atoms with van der Waals surface area (Å²) < 4.78 is 10.9. The van der Waals surface area contributed by atoms with Gasteiger partial charge in [-0.15, -0.1) is 0 Å². The lowest BCUT2D eigenvalue weighted by Crippen LogP contribution is -2.26. The van der Waals surface area contributed by atoms with Crippen molar-refractivity contribution in [2.45, 2.75) is 32.5 Å². The highest BCUT2D eigenvalue weighted by atomic mass is 16.6. The van der Waals surface area contributed by atoms with Crippen molar-refractivity contribution in [2.75, 3.05) is 7.11 Å². The van der Waals surface area contributed by atoms with Crippen LogP contribution in [-0.4, -0.2) is 18.5 Å². The molecule has 1 aromatic rings. The number of ether oxygens (including phenoxy) is 2. The van der Waals surface area contributed by atoms with Crippen molar-refractivity contribution in [2.24, 2.45) is 5.92 Å². The van der Waals surface area contributed by atoms with Gasteiger partial charge in [0.05, 0.1) is 7.11 Å². The Morgan fingerprint density at radius 2 is 2.17 bits per heavy atom. The van der Waals surface area contributed by atoms with E-state index in [9.17, 15) is 5.11 Å². The minimum absolute atomic E-state index is 0.329. The van der Waals surface area contributed by atoms with Gasteiger partial charge in [0, 0.05) is 18.4 Å². The molecule has 1 aromatic carbocycles. The highest BCUT2D eigenvalue weighted by molar-refractivity contribution is 5.74. The Morgan fingerprint density at radius 1 is 1.33 bits per heavy atom. The van der Waals surface area contributed by atoms with Crippen LogP contribution in [0, 0.1) is 5.92 Å². The molecule has 0 fully saturated rings. The Balaban J connectivity index is 2.11. The summed E-state index contributed by atoms with van der Waals surface area (Å²) in [6.07, 6.45) is 1.87. The SMILES string of the molecule is COc1ccc2c(c1)C1=C(CC2)OC(O)C[C@H]1C. The summed E-state index contributed by atoms with van der Waals surface area (Å²) in [6, 6.07) is 6.23. The average Bonchev–Trinajstić information content (AvgIpc) is 2.36. The van der Waals surface area contributed by atoms with Crippen LogP contribution in [0.2, 0.25) is 0 Å². The van der Waals surface area contributed by atoms with E-state index in [0.29, 0.717) is 12.3 Å². The zero-order valence-corrected chi connectivity index (χ0v) is 10.8. The quantitative estimate of drug-likeness (QED) is 0.828. The summed E-state index contributed by atoms with van der Waals surface area (Å²) in [5, 5.41) is 9.69. The Morgan fingerprint density at radius 3 is 2.94 bits per heavy atom. The van der Waals surface area contributed by atoms with Crippen molar-refractivity contribution < 1.29 is 14.6 Å². The topological polar surface area (TPSA) is 38.7 Å². The van der Waals surface area contributed by atoms with E-state index in [4.69, 9.17) is 9.47 Å². The van der Waals surface area contributed by atoms with Crippen LogP contribution in [0.25, 0.3) is 5.57 Å². The zero-order valence-electron chi connectivity index (χ0n) is 10.8. The van der Waals surface area contributed by atoms with Crippen LogP contribution in [0.5, 0.6) is 5.75 Å². The van der Waals surface area contributed by atoms with Crippen LogP contribution in [0.1, 0.15) is 30.9 Å². The molecular formula is C15H18O3. The lowest BCUT2D eigenvalue weighted by molar-refractivity contribution is -0.0852. The van der Waals surface area contributed by atoms with Crippen LogP contribution in [0.3, 0.4) is 0 Å². The highest BCUT2D eigenvalue weighted by Crippen LogP contribution is 2.43. The summed E-state index contributed by atoms with van der Waals surface area (Å²) in [6.45, 7) is 2.15. The maximum absolute atomic E-state index is 9.69. The maximum atomic E-state index is 9.69. The van der Waals surface area contributed by atoms with Gasteiger partial charge in [0.25, 0.3) is 0 Å². The summed E-state index contributed by atoms with van der Waals surface area (Å²) in [5.41, 5.74) is 3.83. The minimum atomic E-state index is -0.647. The molecule has 18 heavy (non-hydrogen) atoms. The smallest absolute Gasteiger partial charge is 0.197 e. The molecule has 0 saturated heterocycles. The van der Waals surface area contributed by atoms with Gasteiger partial charge in [-0.05, 0) is 35.6 Å². The minimum Gasteiger partial charge on any atom is -0.497 e. The average molecular weight is 246 g/mol. The molecule has 1 aliphatic carbocycles. The molecule has 2 atom stereocenters. The molecule has 0 bridgehead atoms. The molecule has 3 heteroatoms. The fourth-order valence-corrected chi connectivity index (χ4v) is 2.98. The Labute approximate surface area is 107 Å². The first-order valence-electron chi connectivity index (χ1n) is 6.44. The number of allylic oxidation sites excluding steroid dienone is 2. The lowest BCUT2D eigenvalue weighted by atomic mass is 9.80. The third kappa shape index (κ3) is 1.79. The first-order valence-corrected chi connectivity index (χ1v) is 6.44. The number of aliphatic hydroxyl groups excluding tert-OH is 1. The fourth-order valence-electron chi connectivity index (χ4n) is 2.98. The standard InChI is InChI=1S/C15H18O3/c1-9-7-14(16)18-13-6-4-10-3-5-11(17-2)8-12(10)15(9)13/h3,5,8-9,14,16H,4,6-7H2,1-2H3/t9-,14?/m1/s1. The van der Waals surface area contributed by atoms with Crippen LogP contribution in [0.4, 0.5) is 0 Å². The van der Waals surface area contributed by atoms with Gasteiger partial charge in [0.15, 0.2) is 6.29 Å². The zero-order chi connectivity index (χ0) is 12.7. The first kappa shape index (κ1) is 11.6. The third-order valence-electron chi connectivity index (χ3n) is 3.86. The molecule has 1 aliphatic heterocycles. The van der Waals surface area contributed by atoms with Crippen molar-refractivity contribution in [1.29, 1.82) is 0 Å². The van der Waals surface area contributed by atoms with Crippen molar-refractivity contribution >= 4 is 5.57 Å². The van der Waals surface area contributed by atoms with E-state index in [1.165, 1.54) is 16.7 Å². The highest BCUT2D eigenvalue weighted by Gasteiger charge is 2.31.